The van der Waals surface area contributed by atoms with Crippen LogP contribution in [0.25, 0.3) is 0 Å². The van der Waals surface area contributed by atoms with Crippen LogP contribution in [0.3, 0.4) is 0 Å². The van der Waals surface area contributed by atoms with Gasteiger partial charge in [0.1, 0.15) is 11.5 Å². The van der Waals surface area contributed by atoms with Crippen LogP contribution in [0.2, 0.25) is 5.02 Å². The Hall–Kier alpha value is -2.63. The number of fused-ring (bicyclic) bond motifs is 1. The first-order chi connectivity index (χ1) is 14.6. The molecule has 0 fully saturated rings. The molecule has 0 aromatic heterocycles. The Kier molecular flexibility index (Phi) is 6.50. The second-order valence-corrected chi connectivity index (χ2v) is 8.28. The first kappa shape index (κ1) is 20.6. The number of benzene rings is 3. The van der Waals surface area contributed by atoms with Crippen molar-refractivity contribution >= 4 is 44.8 Å². The molecule has 152 valence electrons. The first-order valence-electron chi connectivity index (χ1n) is 9.85. The molecule has 4 nitrogen and oxygen atoms in total. The highest BCUT2D eigenvalue weighted by Gasteiger charge is 2.18. The van der Waals surface area contributed by atoms with Gasteiger partial charge in [0.25, 0.3) is 0 Å². The summed E-state index contributed by atoms with van der Waals surface area (Å²) in [4.78, 5) is 4.83. The zero-order valence-corrected chi connectivity index (χ0v) is 18.9. The second-order valence-electron chi connectivity index (χ2n) is 6.93. The van der Waals surface area contributed by atoms with E-state index in [0.717, 1.165) is 57.8 Å². The summed E-state index contributed by atoms with van der Waals surface area (Å²) in [6.07, 6.45) is 2.16. The molecule has 4 rings (SSSR count). The van der Waals surface area contributed by atoms with Crippen LogP contribution in [0, 0.1) is 0 Å². The van der Waals surface area contributed by atoms with E-state index in [-0.39, 0.29) is 0 Å². The van der Waals surface area contributed by atoms with E-state index in [1.165, 1.54) is 0 Å². The van der Waals surface area contributed by atoms with Gasteiger partial charge < -0.3 is 4.74 Å². The molecule has 1 aliphatic heterocycles. The van der Waals surface area contributed by atoms with E-state index < -0.39 is 0 Å². The number of unbranched alkanes of at least 4 members (excludes halogenated alkanes) is 1. The molecule has 0 saturated heterocycles. The molecule has 1 heterocycles. The highest BCUT2D eigenvalue weighted by atomic mass is 79.9. The number of hydrogen-bond donors (Lipinski definition) is 1. The number of hydrazone groups is 1. The fourth-order valence-corrected chi connectivity index (χ4v) is 3.60. The zero-order valence-electron chi connectivity index (χ0n) is 16.5. The van der Waals surface area contributed by atoms with Crippen LogP contribution in [0.1, 0.15) is 36.5 Å². The molecule has 6 heteroatoms. The smallest absolute Gasteiger partial charge is 0.154 e. The van der Waals surface area contributed by atoms with E-state index in [2.05, 4.69) is 28.3 Å². The highest BCUT2D eigenvalue weighted by molar-refractivity contribution is 9.10. The predicted molar refractivity (Wildman–Crippen MR) is 127 cm³/mol. The van der Waals surface area contributed by atoms with Crippen LogP contribution >= 0.6 is 27.5 Å². The average Bonchev–Trinajstić information content (AvgIpc) is 2.94. The molecule has 1 N–H and O–H groups in total. The maximum atomic E-state index is 6.03. The molecule has 0 saturated carbocycles. The zero-order chi connectivity index (χ0) is 20.9. The second kappa shape index (κ2) is 9.45. The monoisotopic (exact) mass is 481 g/mol. The lowest BCUT2D eigenvalue weighted by atomic mass is 10.0. The first-order valence-corrected chi connectivity index (χ1v) is 11.0. The Morgan fingerprint density at radius 2 is 1.70 bits per heavy atom. The Balaban J connectivity index is 1.69. The Morgan fingerprint density at radius 1 is 0.967 bits per heavy atom. The minimum atomic E-state index is 0.671. The lowest BCUT2D eigenvalue weighted by Gasteiger charge is -2.10. The van der Waals surface area contributed by atoms with Crippen LogP contribution in [0.4, 0.5) is 5.69 Å². The molecule has 0 spiro atoms. The van der Waals surface area contributed by atoms with Gasteiger partial charge in [0.2, 0.25) is 0 Å². The van der Waals surface area contributed by atoms with Crippen molar-refractivity contribution in [2.24, 2.45) is 10.1 Å². The van der Waals surface area contributed by atoms with Crippen molar-refractivity contribution in [3.05, 3.63) is 92.9 Å². The van der Waals surface area contributed by atoms with Crippen molar-refractivity contribution in [2.75, 3.05) is 6.61 Å². The summed E-state index contributed by atoms with van der Waals surface area (Å²) >= 11 is 9.61. The summed E-state index contributed by atoms with van der Waals surface area (Å²) in [5.41, 5.74) is 7.64. The minimum absolute atomic E-state index is 0.671. The molecule has 30 heavy (non-hydrogen) atoms. The molecule has 1 aliphatic rings. The van der Waals surface area contributed by atoms with Gasteiger partial charge >= 0.3 is 0 Å². The SMILES string of the molecule is CCCCOc1ccc(C2=NNC(c3ccc(Cl)cc3)=Nc3ccc(Br)cc32)cc1. The average molecular weight is 483 g/mol. The standard InChI is InChI=1S/C24H21BrClN3O/c1-2-3-14-30-20-11-6-16(7-12-20)23-21-15-18(25)8-13-22(21)27-24(29-28-23)17-4-9-19(26)10-5-17/h4-13,15H,2-3,14H2,1H3,(H,27,29). The molecule has 0 amide bonds. The Labute approximate surface area is 189 Å². The van der Waals surface area contributed by atoms with Gasteiger partial charge in [-0.15, -0.1) is 0 Å². The van der Waals surface area contributed by atoms with Crippen LogP contribution in [-0.2, 0) is 0 Å². The van der Waals surface area contributed by atoms with Crippen molar-refractivity contribution in [1.82, 2.24) is 5.43 Å². The van der Waals surface area contributed by atoms with E-state index in [0.29, 0.717) is 10.9 Å². The Bertz CT molecular complexity index is 1090. The largest absolute Gasteiger partial charge is 0.494 e. The van der Waals surface area contributed by atoms with E-state index in [1.54, 1.807) is 0 Å². The van der Waals surface area contributed by atoms with Crippen LogP contribution in [-0.4, -0.2) is 18.2 Å². The van der Waals surface area contributed by atoms with Crippen molar-refractivity contribution in [2.45, 2.75) is 19.8 Å². The van der Waals surface area contributed by atoms with Crippen LogP contribution in [0.15, 0.2) is 81.3 Å². The third-order valence-electron chi connectivity index (χ3n) is 4.73. The normalized spacial score (nSPS) is 12.9. The summed E-state index contributed by atoms with van der Waals surface area (Å²) < 4.78 is 6.76. The maximum absolute atomic E-state index is 6.03. The van der Waals surface area contributed by atoms with Gasteiger partial charge in [-0.1, -0.05) is 40.9 Å². The molecule has 0 aliphatic carbocycles. The third kappa shape index (κ3) is 4.74. The summed E-state index contributed by atoms with van der Waals surface area (Å²) in [5, 5.41) is 5.39. The Morgan fingerprint density at radius 3 is 2.43 bits per heavy atom. The fourth-order valence-electron chi connectivity index (χ4n) is 3.11. The van der Waals surface area contributed by atoms with Gasteiger partial charge in [-0.05, 0) is 73.2 Å². The van der Waals surface area contributed by atoms with Gasteiger partial charge in [0.05, 0.1) is 12.3 Å². The molecule has 0 bridgehead atoms. The molecular formula is C24H21BrClN3O. The topological polar surface area (TPSA) is 46.0 Å². The summed E-state index contributed by atoms with van der Waals surface area (Å²) in [6, 6.07) is 21.6. The van der Waals surface area contributed by atoms with Crippen molar-refractivity contribution < 1.29 is 4.74 Å². The number of ether oxygens (including phenoxy) is 1. The van der Waals surface area contributed by atoms with Crippen LogP contribution < -0.4 is 10.2 Å². The summed E-state index contributed by atoms with van der Waals surface area (Å²) in [6.45, 7) is 2.88. The van der Waals surface area contributed by atoms with E-state index in [4.69, 9.17) is 26.4 Å². The van der Waals surface area contributed by atoms with E-state index in [1.807, 2.05) is 66.7 Å². The lowest BCUT2D eigenvalue weighted by molar-refractivity contribution is 0.309. The van der Waals surface area contributed by atoms with Crippen molar-refractivity contribution in [1.29, 1.82) is 0 Å². The quantitative estimate of drug-likeness (QED) is 0.397. The van der Waals surface area contributed by atoms with Gasteiger partial charge in [0.15, 0.2) is 5.84 Å². The maximum Gasteiger partial charge on any atom is 0.154 e. The minimum Gasteiger partial charge on any atom is -0.494 e. The van der Waals surface area contributed by atoms with Crippen molar-refractivity contribution in [3.63, 3.8) is 0 Å². The molecule has 0 radical (unpaired) electrons. The number of rotatable bonds is 6. The third-order valence-corrected chi connectivity index (χ3v) is 5.48. The highest BCUT2D eigenvalue weighted by Crippen LogP contribution is 2.29. The number of nitrogens with one attached hydrogen (secondary N) is 1. The molecule has 3 aromatic carbocycles. The summed E-state index contributed by atoms with van der Waals surface area (Å²) in [7, 11) is 0. The number of aliphatic imine (C=N–C) groups is 1. The van der Waals surface area contributed by atoms with Gasteiger partial charge in [-0.3, -0.25) is 5.43 Å². The summed E-state index contributed by atoms with van der Waals surface area (Å²) in [5.74, 6) is 1.53. The lowest BCUT2D eigenvalue weighted by Crippen LogP contribution is -2.19. The van der Waals surface area contributed by atoms with Crippen molar-refractivity contribution in [3.8, 4) is 5.75 Å². The molecule has 0 atom stereocenters. The fraction of sp³-hybridized carbons (Fsp3) is 0.167. The van der Waals surface area contributed by atoms with E-state index in [9.17, 15) is 0 Å². The number of halogens is 2. The molecule has 3 aromatic rings. The number of hydrogen-bond acceptors (Lipinski definition) is 4. The van der Waals surface area contributed by atoms with Gasteiger partial charge in [-0.25, -0.2) is 4.99 Å². The predicted octanol–water partition coefficient (Wildman–Crippen LogP) is 6.72. The molecule has 0 unspecified atom stereocenters. The van der Waals surface area contributed by atoms with Gasteiger partial charge in [-0.2, -0.15) is 5.10 Å². The number of nitrogens with zero attached hydrogens (tertiary/aromatic N) is 2. The number of amidine groups is 1. The molecular weight excluding hydrogens is 462 g/mol. The van der Waals surface area contributed by atoms with E-state index >= 15 is 0 Å². The van der Waals surface area contributed by atoms with Crippen LogP contribution in [0.5, 0.6) is 5.75 Å². The van der Waals surface area contributed by atoms with Gasteiger partial charge in [0, 0.05) is 26.2 Å².